The van der Waals surface area contributed by atoms with Gasteiger partial charge in [-0.05, 0) is 92.1 Å². The highest BCUT2D eigenvalue weighted by Crippen LogP contribution is 2.20. The molecule has 0 saturated heterocycles. The van der Waals surface area contributed by atoms with Crippen molar-refractivity contribution >= 4 is 33.2 Å². The SMILES string of the molecule is CCCNC(=O)c1ccc(NC(=O)c2ccc(S(=O)(=O)Nc3ccc(C)c(C)c3)cc2)cc1. The lowest BCUT2D eigenvalue weighted by atomic mass is 10.1. The highest BCUT2D eigenvalue weighted by Gasteiger charge is 2.16. The summed E-state index contributed by atoms with van der Waals surface area (Å²) < 4.78 is 27.9. The third-order valence-corrected chi connectivity index (χ3v) is 6.52. The first-order valence-corrected chi connectivity index (χ1v) is 12.1. The Labute approximate surface area is 194 Å². The average Bonchev–Trinajstić information content (AvgIpc) is 2.80. The summed E-state index contributed by atoms with van der Waals surface area (Å²) in [7, 11) is -3.78. The van der Waals surface area contributed by atoms with E-state index in [9.17, 15) is 18.0 Å². The van der Waals surface area contributed by atoms with Crippen LogP contribution in [-0.2, 0) is 10.0 Å². The number of carbonyl (C=O) groups is 2. The van der Waals surface area contributed by atoms with E-state index >= 15 is 0 Å². The van der Waals surface area contributed by atoms with Gasteiger partial charge in [0.05, 0.1) is 4.90 Å². The lowest BCUT2D eigenvalue weighted by Gasteiger charge is -2.11. The van der Waals surface area contributed by atoms with Crippen LogP contribution in [0.15, 0.2) is 71.6 Å². The van der Waals surface area contributed by atoms with Crippen LogP contribution in [0.2, 0.25) is 0 Å². The van der Waals surface area contributed by atoms with Crippen molar-refractivity contribution in [3.63, 3.8) is 0 Å². The zero-order valence-corrected chi connectivity index (χ0v) is 19.6. The average molecular weight is 466 g/mol. The Bertz CT molecular complexity index is 1250. The largest absolute Gasteiger partial charge is 0.352 e. The molecule has 0 aliphatic carbocycles. The molecule has 0 aliphatic rings. The minimum absolute atomic E-state index is 0.0553. The van der Waals surface area contributed by atoms with E-state index in [-0.39, 0.29) is 16.7 Å². The van der Waals surface area contributed by atoms with Gasteiger partial charge in [0.1, 0.15) is 0 Å². The van der Waals surface area contributed by atoms with E-state index < -0.39 is 10.0 Å². The normalized spacial score (nSPS) is 11.0. The Morgan fingerprint density at radius 1 is 0.758 bits per heavy atom. The Balaban J connectivity index is 1.66. The first kappa shape index (κ1) is 24.0. The van der Waals surface area contributed by atoms with Crippen molar-refractivity contribution in [3.8, 4) is 0 Å². The third kappa shape index (κ3) is 6.20. The van der Waals surface area contributed by atoms with Crippen LogP contribution in [0, 0.1) is 13.8 Å². The van der Waals surface area contributed by atoms with Crippen molar-refractivity contribution in [2.24, 2.45) is 0 Å². The minimum Gasteiger partial charge on any atom is -0.352 e. The molecule has 0 aromatic heterocycles. The Hall–Kier alpha value is -3.65. The number of sulfonamides is 1. The standard InChI is InChI=1S/C25H27N3O4S/c1-4-15-26-24(29)19-6-11-21(12-7-19)27-25(30)20-8-13-23(14-9-20)33(31,32)28-22-10-5-17(2)18(3)16-22/h5-14,16,28H,4,15H2,1-3H3,(H,26,29)(H,27,30). The fraction of sp³-hybridized carbons (Fsp3) is 0.200. The quantitative estimate of drug-likeness (QED) is 0.456. The lowest BCUT2D eigenvalue weighted by Crippen LogP contribution is -2.23. The number of hydrogen-bond acceptors (Lipinski definition) is 4. The molecule has 0 spiro atoms. The number of hydrogen-bond donors (Lipinski definition) is 3. The second-order valence-electron chi connectivity index (χ2n) is 7.72. The van der Waals surface area contributed by atoms with E-state index in [0.29, 0.717) is 29.0 Å². The lowest BCUT2D eigenvalue weighted by molar-refractivity contribution is 0.0953. The van der Waals surface area contributed by atoms with E-state index in [1.807, 2.05) is 26.8 Å². The summed E-state index contributed by atoms with van der Waals surface area (Å²) in [5.41, 5.74) is 3.88. The van der Waals surface area contributed by atoms with Gasteiger partial charge in [0, 0.05) is 29.0 Å². The van der Waals surface area contributed by atoms with E-state index in [0.717, 1.165) is 17.5 Å². The van der Waals surface area contributed by atoms with E-state index in [2.05, 4.69) is 15.4 Å². The molecule has 0 heterocycles. The number of aryl methyl sites for hydroxylation is 2. The van der Waals surface area contributed by atoms with Gasteiger partial charge >= 0.3 is 0 Å². The number of benzene rings is 3. The van der Waals surface area contributed by atoms with Crippen molar-refractivity contribution in [1.82, 2.24) is 5.32 Å². The maximum atomic E-state index is 12.7. The van der Waals surface area contributed by atoms with Crippen LogP contribution >= 0.6 is 0 Å². The maximum Gasteiger partial charge on any atom is 0.261 e. The zero-order chi connectivity index (χ0) is 24.0. The molecular weight excluding hydrogens is 438 g/mol. The van der Waals surface area contributed by atoms with Crippen molar-refractivity contribution in [3.05, 3.63) is 89.0 Å². The van der Waals surface area contributed by atoms with Crippen LogP contribution in [0.25, 0.3) is 0 Å². The summed E-state index contributed by atoms with van der Waals surface area (Å²) in [6.07, 6.45) is 0.849. The Kier molecular flexibility index (Phi) is 7.50. The summed E-state index contributed by atoms with van der Waals surface area (Å²) in [4.78, 5) is 24.6. The number of nitrogens with one attached hydrogen (secondary N) is 3. The number of anilines is 2. The van der Waals surface area contributed by atoms with Crippen LogP contribution in [-0.4, -0.2) is 26.8 Å². The monoisotopic (exact) mass is 465 g/mol. The van der Waals surface area contributed by atoms with Crippen LogP contribution in [0.5, 0.6) is 0 Å². The molecule has 3 aromatic carbocycles. The zero-order valence-electron chi connectivity index (χ0n) is 18.8. The number of amides is 2. The van der Waals surface area contributed by atoms with Crippen molar-refractivity contribution < 1.29 is 18.0 Å². The Morgan fingerprint density at radius 2 is 1.33 bits per heavy atom. The van der Waals surface area contributed by atoms with Crippen LogP contribution in [0.1, 0.15) is 45.2 Å². The predicted octanol–water partition coefficient (Wildman–Crippen LogP) is 4.50. The van der Waals surface area contributed by atoms with Crippen molar-refractivity contribution in [2.75, 3.05) is 16.6 Å². The van der Waals surface area contributed by atoms with Crippen LogP contribution < -0.4 is 15.4 Å². The third-order valence-electron chi connectivity index (χ3n) is 5.13. The highest BCUT2D eigenvalue weighted by molar-refractivity contribution is 7.92. The van der Waals surface area contributed by atoms with E-state index in [1.54, 1.807) is 36.4 Å². The molecule has 2 amide bonds. The number of carbonyl (C=O) groups excluding carboxylic acids is 2. The molecule has 33 heavy (non-hydrogen) atoms. The fourth-order valence-electron chi connectivity index (χ4n) is 3.05. The van der Waals surface area contributed by atoms with Gasteiger partial charge in [-0.15, -0.1) is 0 Å². The molecular formula is C25H27N3O4S. The molecule has 0 radical (unpaired) electrons. The van der Waals surface area contributed by atoms with Gasteiger partial charge in [-0.25, -0.2) is 8.42 Å². The van der Waals surface area contributed by atoms with Gasteiger partial charge in [-0.1, -0.05) is 13.0 Å². The minimum atomic E-state index is -3.78. The molecule has 0 fully saturated rings. The van der Waals surface area contributed by atoms with Gasteiger partial charge in [0.25, 0.3) is 21.8 Å². The van der Waals surface area contributed by atoms with Gasteiger partial charge < -0.3 is 10.6 Å². The van der Waals surface area contributed by atoms with Crippen molar-refractivity contribution in [2.45, 2.75) is 32.1 Å². The summed E-state index contributed by atoms with van der Waals surface area (Å²) in [6, 6.07) is 17.6. The first-order valence-electron chi connectivity index (χ1n) is 10.6. The van der Waals surface area contributed by atoms with Gasteiger partial charge in [0.2, 0.25) is 0 Å². The van der Waals surface area contributed by atoms with Crippen molar-refractivity contribution in [1.29, 1.82) is 0 Å². The molecule has 0 unspecified atom stereocenters. The highest BCUT2D eigenvalue weighted by atomic mass is 32.2. The van der Waals surface area contributed by atoms with E-state index in [4.69, 9.17) is 0 Å². The predicted molar refractivity (Wildman–Crippen MR) is 130 cm³/mol. The smallest absolute Gasteiger partial charge is 0.261 e. The summed E-state index contributed by atoms with van der Waals surface area (Å²) in [5.74, 6) is -0.551. The first-order chi connectivity index (χ1) is 15.7. The molecule has 8 heteroatoms. The molecule has 0 atom stereocenters. The molecule has 0 saturated carbocycles. The second kappa shape index (κ2) is 10.3. The van der Waals surface area contributed by atoms with Gasteiger partial charge in [0.15, 0.2) is 0 Å². The topological polar surface area (TPSA) is 104 Å². The van der Waals surface area contributed by atoms with E-state index in [1.165, 1.54) is 24.3 Å². The summed E-state index contributed by atoms with van der Waals surface area (Å²) >= 11 is 0. The molecule has 3 aromatic rings. The molecule has 172 valence electrons. The van der Waals surface area contributed by atoms with Gasteiger partial charge in [-0.2, -0.15) is 0 Å². The molecule has 7 nitrogen and oxygen atoms in total. The molecule has 3 rings (SSSR count). The Morgan fingerprint density at radius 3 is 1.94 bits per heavy atom. The second-order valence-corrected chi connectivity index (χ2v) is 9.40. The number of rotatable bonds is 8. The van der Waals surface area contributed by atoms with Crippen LogP contribution in [0.4, 0.5) is 11.4 Å². The molecule has 0 aliphatic heterocycles. The van der Waals surface area contributed by atoms with Gasteiger partial charge in [-0.3, -0.25) is 14.3 Å². The molecule has 0 bridgehead atoms. The summed E-state index contributed by atoms with van der Waals surface area (Å²) in [6.45, 7) is 6.44. The van der Waals surface area contributed by atoms with Crippen LogP contribution in [0.3, 0.4) is 0 Å². The molecule has 3 N–H and O–H groups in total. The fourth-order valence-corrected chi connectivity index (χ4v) is 4.10. The summed E-state index contributed by atoms with van der Waals surface area (Å²) in [5, 5.41) is 5.53. The maximum absolute atomic E-state index is 12.7.